The second-order valence-electron chi connectivity index (χ2n) is 5.19. The molecule has 1 aromatic carbocycles. The van der Waals surface area contributed by atoms with E-state index in [2.05, 4.69) is 15.1 Å². The third-order valence-electron chi connectivity index (χ3n) is 3.53. The highest BCUT2D eigenvalue weighted by Gasteiger charge is 2.11. The molecular weight excluding hydrogens is 312 g/mol. The van der Waals surface area contributed by atoms with E-state index >= 15 is 0 Å². The number of nitrogens with zero attached hydrogens (tertiary/aromatic N) is 4. The lowest BCUT2D eigenvalue weighted by Crippen LogP contribution is -2.20. The number of fused-ring (bicyclic) bond motifs is 1. The fourth-order valence-corrected chi connectivity index (χ4v) is 3.01. The minimum atomic E-state index is -0.105. The van der Waals surface area contributed by atoms with Crippen molar-refractivity contribution in [2.45, 2.75) is 13.5 Å². The maximum atomic E-state index is 12.3. The van der Waals surface area contributed by atoms with Crippen molar-refractivity contribution in [2.24, 2.45) is 0 Å². The molecule has 0 fully saturated rings. The predicted octanol–water partition coefficient (Wildman–Crippen LogP) is 2.86. The van der Waals surface area contributed by atoms with Gasteiger partial charge in [0.1, 0.15) is 11.4 Å². The van der Waals surface area contributed by atoms with E-state index in [0.29, 0.717) is 17.1 Å². The third kappa shape index (κ3) is 2.55. The molecule has 0 bridgehead atoms. The van der Waals surface area contributed by atoms with Gasteiger partial charge in [-0.05, 0) is 18.4 Å². The molecule has 0 unspecified atom stereocenters. The molecule has 0 aliphatic heterocycles. The highest BCUT2D eigenvalue weighted by atomic mass is 32.1. The van der Waals surface area contributed by atoms with Gasteiger partial charge in [0.2, 0.25) is 11.7 Å². The molecule has 0 saturated carbocycles. The average molecular weight is 324 g/mol. The Morgan fingerprint density at radius 2 is 2.04 bits per heavy atom. The van der Waals surface area contributed by atoms with Gasteiger partial charge in [0.15, 0.2) is 0 Å². The lowest BCUT2D eigenvalue weighted by atomic mass is 10.1. The summed E-state index contributed by atoms with van der Waals surface area (Å²) in [5, 5.41) is 6.43. The van der Waals surface area contributed by atoms with Crippen molar-refractivity contribution < 1.29 is 4.52 Å². The summed E-state index contributed by atoms with van der Waals surface area (Å²) < 4.78 is 6.73. The van der Waals surface area contributed by atoms with E-state index in [-0.39, 0.29) is 12.1 Å². The summed E-state index contributed by atoms with van der Waals surface area (Å²) in [6.45, 7) is 2.22. The highest BCUT2D eigenvalue weighted by Crippen LogP contribution is 2.17. The van der Waals surface area contributed by atoms with Crippen LogP contribution in [-0.2, 0) is 6.54 Å². The Morgan fingerprint density at radius 3 is 2.87 bits per heavy atom. The minimum absolute atomic E-state index is 0.105. The normalized spacial score (nSPS) is 11.2. The number of thiophene rings is 1. The second-order valence-corrected chi connectivity index (χ2v) is 6.09. The van der Waals surface area contributed by atoms with Crippen LogP contribution in [0.15, 0.2) is 51.4 Å². The molecule has 114 valence electrons. The first-order valence-corrected chi connectivity index (χ1v) is 7.91. The lowest BCUT2D eigenvalue weighted by molar-refractivity contribution is 0.369. The van der Waals surface area contributed by atoms with Gasteiger partial charge in [0, 0.05) is 5.56 Å². The number of benzene rings is 1. The van der Waals surface area contributed by atoms with Gasteiger partial charge in [-0.3, -0.25) is 9.36 Å². The Hall–Kier alpha value is -2.80. The van der Waals surface area contributed by atoms with Crippen molar-refractivity contribution in [1.82, 2.24) is 19.7 Å². The largest absolute Gasteiger partial charge is 0.337 e. The number of rotatable bonds is 3. The summed E-state index contributed by atoms with van der Waals surface area (Å²) in [6.07, 6.45) is 1.51. The van der Waals surface area contributed by atoms with Gasteiger partial charge in [0.25, 0.3) is 5.56 Å². The molecule has 6 nitrogen and oxygen atoms in total. The Kier molecular flexibility index (Phi) is 3.27. The van der Waals surface area contributed by atoms with E-state index in [1.54, 1.807) is 6.07 Å². The first-order valence-electron chi connectivity index (χ1n) is 7.03. The highest BCUT2D eigenvalue weighted by molar-refractivity contribution is 7.16. The minimum Gasteiger partial charge on any atom is -0.337 e. The van der Waals surface area contributed by atoms with Crippen molar-refractivity contribution in [3.05, 3.63) is 63.8 Å². The van der Waals surface area contributed by atoms with Crippen molar-refractivity contribution in [3.63, 3.8) is 0 Å². The smallest absolute Gasteiger partial charge is 0.262 e. The van der Waals surface area contributed by atoms with Gasteiger partial charge in [0.05, 0.1) is 11.7 Å². The van der Waals surface area contributed by atoms with Crippen LogP contribution < -0.4 is 5.56 Å². The standard InChI is InChI=1S/C16H12N4O2S/c1-10-2-4-11(5-3-10)14-18-13(22-19-14)8-20-9-17-15-12(16(20)21)6-7-23-15/h2-7,9H,8H2,1H3. The van der Waals surface area contributed by atoms with Gasteiger partial charge >= 0.3 is 0 Å². The molecule has 0 spiro atoms. The van der Waals surface area contributed by atoms with Crippen LogP contribution in [0.4, 0.5) is 0 Å². The van der Waals surface area contributed by atoms with Gasteiger partial charge < -0.3 is 4.52 Å². The molecule has 0 N–H and O–H groups in total. The Bertz CT molecular complexity index is 1030. The Balaban J connectivity index is 1.65. The van der Waals surface area contributed by atoms with E-state index in [4.69, 9.17) is 4.52 Å². The monoisotopic (exact) mass is 324 g/mol. The van der Waals surface area contributed by atoms with Crippen LogP contribution >= 0.6 is 11.3 Å². The number of hydrogen-bond acceptors (Lipinski definition) is 6. The van der Waals surface area contributed by atoms with E-state index < -0.39 is 0 Å². The molecule has 0 aliphatic carbocycles. The average Bonchev–Trinajstić information content (AvgIpc) is 3.20. The Morgan fingerprint density at radius 1 is 1.22 bits per heavy atom. The molecule has 3 heterocycles. The van der Waals surface area contributed by atoms with E-state index in [0.717, 1.165) is 10.4 Å². The Labute approximate surface area is 135 Å². The summed E-state index contributed by atoms with van der Waals surface area (Å²) in [5.41, 5.74) is 1.94. The van der Waals surface area contributed by atoms with Crippen LogP contribution in [0.25, 0.3) is 21.6 Å². The maximum Gasteiger partial charge on any atom is 0.262 e. The molecule has 4 aromatic rings. The van der Waals surface area contributed by atoms with Crippen molar-refractivity contribution in [1.29, 1.82) is 0 Å². The fraction of sp³-hybridized carbons (Fsp3) is 0.125. The quantitative estimate of drug-likeness (QED) is 0.579. The van der Waals surface area contributed by atoms with Crippen LogP contribution in [0.2, 0.25) is 0 Å². The summed E-state index contributed by atoms with van der Waals surface area (Å²) in [7, 11) is 0. The van der Waals surface area contributed by atoms with Crippen LogP contribution in [0, 0.1) is 6.92 Å². The van der Waals surface area contributed by atoms with Crippen LogP contribution in [-0.4, -0.2) is 19.7 Å². The molecule has 0 amide bonds. The summed E-state index contributed by atoms with van der Waals surface area (Å²) in [6, 6.07) is 9.64. The fourth-order valence-electron chi connectivity index (χ4n) is 2.29. The molecule has 0 radical (unpaired) electrons. The molecule has 4 rings (SSSR count). The predicted molar refractivity (Wildman–Crippen MR) is 87.5 cm³/mol. The second kappa shape index (κ2) is 5.44. The van der Waals surface area contributed by atoms with Crippen molar-refractivity contribution in [2.75, 3.05) is 0 Å². The molecule has 0 atom stereocenters. The number of hydrogen-bond donors (Lipinski definition) is 0. The maximum absolute atomic E-state index is 12.3. The van der Waals surface area contributed by atoms with E-state index in [1.165, 1.54) is 27.8 Å². The van der Waals surface area contributed by atoms with Crippen molar-refractivity contribution in [3.8, 4) is 11.4 Å². The van der Waals surface area contributed by atoms with Gasteiger partial charge in [-0.2, -0.15) is 4.98 Å². The number of aryl methyl sites for hydroxylation is 1. The molecule has 0 aliphatic rings. The number of aromatic nitrogens is 4. The SMILES string of the molecule is Cc1ccc(-c2noc(Cn3cnc4sccc4c3=O)n2)cc1. The zero-order valence-electron chi connectivity index (χ0n) is 12.3. The summed E-state index contributed by atoms with van der Waals surface area (Å²) >= 11 is 1.44. The van der Waals surface area contributed by atoms with Crippen LogP contribution in [0.1, 0.15) is 11.5 Å². The molecular formula is C16H12N4O2S. The summed E-state index contributed by atoms with van der Waals surface area (Å²) in [5.74, 6) is 0.886. The first-order chi connectivity index (χ1) is 11.2. The first kappa shape index (κ1) is 13.8. The molecule has 0 saturated heterocycles. The van der Waals surface area contributed by atoms with Gasteiger partial charge in [-0.25, -0.2) is 4.98 Å². The zero-order valence-corrected chi connectivity index (χ0v) is 13.1. The third-order valence-corrected chi connectivity index (χ3v) is 4.35. The van der Waals surface area contributed by atoms with Gasteiger partial charge in [-0.1, -0.05) is 35.0 Å². The van der Waals surface area contributed by atoms with Gasteiger partial charge in [-0.15, -0.1) is 11.3 Å². The van der Waals surface area contributed by atoms with E-state index in [1.807, 2.05) is 36.6 Å². The van der Waals surface area contributed by atoms with E-state index in [9.17, 15) is 4.79 Å². The topological polar surface area (TPSA) is 73.8 Å². The van der Waals surface area contributed by atoms with Crippen LogP contribution in [0.3, 0.4) is 0 Å². The van der Waals surface area contributed by atoms with Crippen molar-refractivity contribution >= 4 is 21.6 Å². The summed E-state index contributed by atoms with van der Waals surface area (Å²) in [4.78, 5) is 21.7. The molecule has 3 aromatic heterocycles. The molecule has 7 heteroatoms. The zero-order chi connectivity index (χ0) is 15.8. The van der Waals surface area contributed by atoms with Crippen LogP contribution in [0.5, 0.6) is 0 Å². The molecule has 23 heavy (non-hydrogen) atoms. The lowest BCUT2D eigenvalue weighted by Gasteiger charge is -2.00.